The lowest BCUT2D eigenvalue weighted by atomic mass is 10.1. The maximum atomic E-state index is 13.3. The lowest BCUT2D eigenvalue weighted by Crippen LogP contribution is -2.30. The van der Waals surface area contributed by atoms with Crippen molar-refractivity contribution in [3.8, 4) is 0 Å². The van der Waals surface area contributed by atoms with Crippen molar-refractivity contribution in [2.45, 2.75) is 23.2 Å². The zero-order chi connectivity index (χ0) is 31.0. The van der Waals surface area contributed by atoms with E-state index in [9.17, 15) is 27.6 Å². The zero-order valence-corrected chi connectivity index (χ0v) is 24.2. The molecule has 4 rings (SSSR count). The Morgan fingerprint density at radius 1 is 0.837 bits per heavy atom. The van der Waals surface area contributed by atoms with Crippen molar-refractivity contribution in [3.63, 3.8) is 0 Å². The van der Waals surface area contributed by atoms with Gasteiger partial charge in [-0.2, -0.15) is 13.2 Å². The second kappa shape index (κ2) is 14.1. The minimum absolute atomic E-state index is 0.0229. The number of rotatable bonds is 9. The molecule has 6 nitrogen and oxygen atoms in total. The molecule has 11 heteroatoms. The van der Waals surface area contributed by atoms with Crippen LogP contribution in [0.5, 0.6) is 0 Å². The van der Waals surface area contributed by atoms with Crippen LogP contribution >= 0.6 is 23.4 Å². The third-order valence-electron chi connectivity index (χ3n) is 5.97. The number of alkyl halides is 3. The summed E-state index contributed by atoms with van der Waals surface area (Å²) >= 11 is 7.08. The predicted molar refractivity (Wildman–Crippen MR) is 164 cm³/mol. The number of para-hydroxylation sites is 1. The van der Waals surface area contributed by atoms with Gasteiger partial charge in [-0.25, -0.2) is 0 Å². The van der Waals surface area contributed by atoms with Crippen LogP contribution in [-0.4, -0.2) is 23.0 Å². The van der Waals surface area contributed by atoms with Crippen LogP contribution < -0.4 is 16.0 Å². The molecule has 1 unspecified atom stereocenters. The van der Waals surface area contributed by atoms with Crippen molar-refractivity contribution in [3.05, 3.63) is 131 Å². The predicted octanol–water partition coefficient (Wildman–Crippen LogP) is 7.89. The summed E-state index contributed by atoms with van der Waals surface area (Å²) in [6.07, 6.45) is -3.11. The van der Waals surface area contributed by atoms with Crippen molar-refractivity contribution in [1.82, 2.24) is 5.32 Å². The summed E-state index contributed by atoms with van der Waals surface area (Å²) in [6.45, 7) is 1.56. The summed E-state index contributed by atoms with van der Waals surface area (Å²) in [5, 5.41) is 7.50. The van der Waals surface area contributed by atoms with Gasteiger partial charge in [0.15, 0.2) is 0 Å². The number of nitrogens with one attached hydrogen (secondary N) is 3. The van der Waals surface area contributed by atoms with E-state index in [0.29, 0.717) is 26.7 Å². The molecule has 0 aliphatic rings. The van der Waals surface area contributed by atoms with Crippen molar-refractivity contribution in [1.29, 1.82) is 0 Å². The molecule has 1 atom stereocenters. The van der Waals surface area contributed by atoms with E-state index in [4.69, 9.17) is 11.6 Å². The number of hydrogen-bond acceptors (Lipinski definition) is 4. The van der Waals surface area contributed by atoms with E-state index < -0.39 is 34.7 Å². The smallest absolute Gasteiger partial charge is 0.325 e. The normalized spacial score (nSPS) is 12.3. The molecule has 0 bridgehead atoms. The highest BCUT2D eigenvalue weighted by Gasteiger charge is 2.34. The molecular weight excluding hydrogens is 599 g/mol. The van der Waals surface area contributed by atoms with Crippen LogP contribution in [0.1, 0.15) is 28.4 Å². The first-order valence-corrected chi connectivity index (χ1v) is 14.1. The fourth-order valence-corrected chi connectivity index (χ4v) is 4.90. The van der Waals surface area contributed by atoms with Gasteiger partial charge in [-0.15, -0.1) is 11.8 Å². The maximum absolute atomic E-state index is 13.3. The van der Waals surface area contributed by atoms with E-state index >= 15 is 0 Å². The average Bonchev–Trinajstić information content (AvgIpc) is 2.98. The fraction of sp³-hybridized carbons (Fsp3) is 0.0938. The number of benzene rings is 4. The molecule has 220 valence electrons. The molecule has 0 saturated carbocycles. The van der Waals surface area contributed by atoms with Crippen LogP contribution in [-0.2, 0) is 15.8 Å². The van der Waals surface area contributed by atoms with Gasteiger partial charge in [-0.05, 0) is 73.2 Å². The quantitative estimate of drug-likeness (QED) is 0.131. The van der Waals surface area contributed by atoms with E-state index in [0.717, 1.165) is 17.8 Å². The van der Waals surface area contributed by atoms with Crippen LogP contribution in [0.25, 0.3) is 6.08 Å². The van der Waals surface area contributed by atoms with Gasteiger partial charge in [-0.1, -0.05) is 60.1 Å². The Morgan fingerprint density at radius 2 is 1.51 bits per heavy atom. The number of hydrogen-bond donors (Lipinski definition) is 3. The molecule has 0 fully saturated rings. The molecule has 0 spiro atoms. The number of carbonyl (C=O) groups excluding carboxylic acids is 3. The minimum atomic E-state index is -4.62. The van der Waals surface area contributed by atoms with Gasteiger partial charge in [-0.3, -0.25) is 14.4 Å². The monoisotopic (exact) mass is 623 g/mol. The lowest BCUT2D eigenvalue weighted by molar-refractivity contribution is -0.137. The first-order chi connectivity index (χ1) is 20.5. The first-order valence-electron chi connectivity index (χ1n) is 12.9. The molecule has 3 N–H and O–H groups in total. The molecule has 0 heterocycles. The third-order valence-corrected chi connectivity index (χ3v) is 7.32. The summed E-state index contributed by atoms with van der Waals surface area (Å²) in [5.74, 6) is -1.70. The fourth-order valence-electron chi connectivity index (χ4n) is 3.84. The topological polar surface area (TPSA) is 87.3 Å². The number of halogens is 4. The second-order valence-electron chi connectivity index (χ2n) is 9.20. The summed E-state index contributed by atoms with van der Waals surface area (Å²) in [5.41, 5.74) is 0.0735. The number of amides is 3. The molecule has 43 heavy (non-hydrogen) atoms. The third kappa shape index (κ3) is 8.97. The van der Waals surface area contributed by atoms with Crippen molar-refractivity contribution >= 4 is 58.5 Å². The van der Waals surface area contributed by atoms with E-state index in [-0.39, 0.29) is 11.4 Å². The van der Waals surface area contributed by atoms with E-state index in [1.54, 1.807) is 85.8 Å². The lowest BCUT2D eigenvalue weighted by Gasteiger charge is -2.16. The Hall–Kier alpha value is -4.54. The Morgan fingerprint density at radius 3 is 2.21 bits per heavy atom. The summed E-state index contributed by atoms with van der Waals surface area (Å²) in [7, 11) is 0. The van der Waals surface area contributed by atoms with Crippen LogP contribution in [0.3, 0.4) is 0 Å². The number of thioether (sulfide) groups is 1. The summed E-state index contributed by atoms with van der Waals surface area (Å²) in [4.78, 5) is 39.5. The molecule has 0 radical (unpaired) electrons. The minimum Gasteiger partial charge on any atom is -0.325 e. The SMILES string of the molecule is CC(Sc1cccc(NC(=O)/C(=C\c2ccc(Cl)cc2)NC(=O)c2ccccc2)c1)C(=O)Nc1ccccc1C(F)(F)F. The highest BCUT2D eigenvalue weighted by atomic mass is 35.5. The Kier molecular flexibility index (Phi) is 10.3. The van der Waals surface area contributed by atoms with Gasteiger partial charge < -0.3 is 16.0 Å². The summed E-state index contributed by atoms with van der Waals surface area (Å²) < 4.78 is 40.0. The van der Waals surface area contributed by atoms with Gasteiger partial charge in [0.05, 0.1) is 16.5 Å². The Labute approximate surface area is 255 Å². The van der Waals surface area contributed by atoms with Gasteiger partial charge in [0.25, 0.3) is 11.8 Å². The molecular formula is C32H25ClF3N3O3S. The largest absolute Gasteiger partial charge is 0.418 e. The summed E-state index contributed by atoms with van der Waals surface area (Å²) in [6, 6.07) is 26.5. The number of carbonyl (C=O) groups is 3. The van der Waals surface area contributed by atoms with E-state index in [2.05, 4.69) is 16.0 Å². The molecule has 3 amide bonds. The Balaban J connectivity index is 1.48. The van der Waals surface area contributed by atoms with E-state index in [1.807, 2.05) is 0 Å². The molecule has 0 aromatic heterocycles. The van der Waals surface area contributed by atoms with Crippen LogP contribution in [0, 0.1) is 0 Å². The Bertz CT molecular complexity index is 1650. The number of anilines is 2. The molecule has 0 aliphatic carbocycles. The van der Waals surface area contributed by atoms with Gasteiger partial charge >= 0.3 is 6.18 Å². The standard InChI is InChI=1S/C32H25ClF3N3O3S/c1-20(29(40)38-27-13-6-5-12-26(27)32(34,35)36)43-25-11-7-10-24(19-25)37-31(42)28(18-21-14-16-23(33)17-15-21)39-30(41)22-8-3-2-4-9-22/h2-20H,1H3,(H,37,42)(H,38,40)(H,39,41)/b28-18+. The molecule has 0 aliphatic heterocycles. The maximum Gasteiger partial charge on any atom is 0.418 e. The van der Waals surface area contributed by atoms with Crippen molar-refractivity contribution in [2.24, 2.45) is 0 Å². The molecule has 4 aromatic carbocycles. The van der Waals surface area contributed by atoms with Gasteiger partial charge in [0.2, 0.25) is 5.91 Å². The van der Waals surface area contributed by atoms with E-state index in [1.165, 1.54) is 24.3 Å². The van der Waals surface area contributed by atoms with Crippen molar-refractivity contribution < 1.29 is 27.6 Å². The highest BCUT2D eigenvalue weighted by molar-refractivity contribution is 8.00. The van der Waals surface area contributed by atoms with Crippen LogP contribution in [0.2, 0.25) is 5.02 Å². The molecule has 4 aromatic rings. The van der Waals surface area contributed by atoms with Gasteiger partial charge in [0.1, 0.15) is 5.70 Å². The zero-order valence-electron chi connectivity index (χ0n) is 22.6. The van der Waals surface area contributed by atoms with Crippen molar-refractivity contribution in [2.75, 3.05) is 10.6 Å². The van der Waals surface area contributed by atoms with Crippen LogP contribution in [0.15, 0.2) is 114 Å². The van der Waals surface area contributed by atoms with Gasteiger partial charge in [0, 0.05) is 21.2 Å². The van der Waals surface area contributed by atoms with Crippen LogP contribution in [0.4, 0.5) is 24.5 Å². The average molecular weight is 624 g/mol. The highest BCUT2D eigenvalue weighted by Crippen LogP contribution is 2.35. The second-order valence-corrected chi connectivity index (χ2v) is 11.1. The molecule has 0 saturated heterocycles. The first kappa shape index (κ1) is 31.4.